The molecule has 0 fully saturated rings. The van der Waals surface area contributed by atoms with Crippen molar-refractivity contribution in [3.05, 3.63) is 41.1 Å². The summed E-state index contributed by atoms with van der Waals surface area (Å²) in [4.78, 5) is 0. The summed E-state index contributed by atoms with van der Waals surface area (Å²) in [6.45, 7) is 5.70. The van der Waals surface area contributed by atoms with Crippen LogP contribution in [-0.4, -0.2) is 16.4 Å². The minimum absolute atomic E-state index is 0.456. The van der Waals surface area contributed by atoms with Crippen LogP contribution in [0.2, 0.25) is 0 Å². The highest BCUT2D eigenvalue weighted by Crippen LogP contribution is 2.29. The van der Waals surface area contributed by atoms with Gasteiger partial charge in [-0.1, -0.05) is 32.0 Å². The lowest BCUT2D eigenvalue weighted by atomic mass is 10.0. The van der Waals surface area contributed by atoms with Crippen LogP contribution in [0.3, 0.4) is 0 Å². The Hall–Kier alpha value is -1.81. The molecule has 0 atom stereocenters. The second kappa shape index (κ2) is 4.70. The molecule has 0 bridgehead atoms. The Labute approximate surface area is 113 Å². The lowest BCUT2D eigenvalue weighted by Crippen LogP contribution is -2.14. The molecule has 4 heteroatoms. The Kier molecular flexibility index (Phi) is 3.03. The molecular weight excluding hydrogens is 238 g/mol. The van der Waals surface area contributed by atoms with Crippen LogP contribution in [0.1, 0.15) is 36.6 Å². The summed E-state index contributed by atoms with van der Waals surface area (Å²) in [7, 11) is 0. The Bertz CT molecular complexity index is 601. The van der Waals surface area contributed by atoms with Crippen molar-refractivity contribution >= 4 is 5.82 Å². The van der Waals surface area contributed by atoms with Crippen LogP contribution in [0.25, 0.3) is 5.69 Å². The largest absolute Gasteiger partial charge is 0.382 e. The highest BCUT2D eigenvalue weighted by molar-refractivity contribution is 5.50. The molecule has 0 spiro atoms. The van der Waals surface area contributed by atoms with Crippen LogP contribution in [0.15, 0.2) is 24.3 Å². The van der Waals surface area contributed by atoms with Gasteiger partial charge in [-0.05, 0) is 17.5 Å². The number of fused-ring (bicyclic) bond motifs is 1. The normalized spacial score (nSPS) is 14.7. The Morgan fingerprint density at radius 1 is 1.32 bits per heavy atom. The number of anilines is 1. The van der Waals surface area contributed by atoms with Gasteiger partial charge in [0, 0.05) is 12.0 Å². The van der Waals surface area contributed by atoms with Gasteiger partial charge in [-0.3, -0.25) is 0 Å². The third-order valence-corrected chi connectivity index (χ3v) is 3.64. The minimum Gasteiger partial charge on any atom is -0.382 e. The van der Waals surface area contributed by atoms with E-state index in [1.807, 2.05) is 10.7 Å². The van der Waals surface area contributed by atoms with Crippen molar-refractivity contribution < 1.29 is 4.74 Å². The summed E-state index contributed by atoms with van der Waals surface area (Å²) in [6, 6.07) is 8.38. The van der Waals surface area contributed by atoms with Gasteiger partial charge in [0.05, 0.1) is 24.6 Å². The first kappa shape index (κ1) is 12.2. The SMILES string of the molecule is CC(C)c1ccccc1-n1nc(N)c2c1CCOC2. The standard InChI is InChI=1S/C15H19N3O/c1-10(2)11-5-3-4-6-13(11)18-14-7-8-19-9-12(14)15(16)17-18/h3-6,10H,7-9H2,1-2H3,(H2,16,17). The van der Waals surface area contributed by atoms with E-state index < -0.39 is 0 Å². The van der Waals surface area contributed by atoms with Crippen LogP contribution in [0.4, 0.5) is 5.82 Å². The Morgan fingerprint density at radius 3 is 2.89 bits per heavy atom. The zero-order chi connectivity index (χ0) is 13.4. The monoisotopic (exact) mass is 257 g/mol. The fraction of sp³-hybridized carbons (Fsp3) is 0.400. The molecule has 2 aromatic rings. The van der Waals surface area contributed by atoms with E-state index in [4.69, 9.17) is 10.5 Å². The van der Waals surface area contributed by atoms with E-state index in [0.717, 1.165) is 24.3 Å². The van der Waals surface area contributed by atoms with Crippen molar-refractivity contribution in [2.24, 2.45) is 0 Å². The van der Waals surface area contributed by atoms with Crippen LogP contribution in [0.5, 0.6) is 0 Å². The van der Waals surface area contributed by atoms with Gasteiger partial charge in [0.2, 0.25) is 0 Å². The molecule has 0 saturated heterocycles. The molecule has 19 heavy (non-hydrogen) atoms. The highest BCUT2D eigenvalue weighted by Gasteiger charge is 2.22. The smallest absolute Gasteiger partial charge is 0.151 e. The number of aromatic nitrogens is 2. The van der Waals surface area contributed by atoms with E-state index in [-0.39, 0.29) is 0 Å². The zero-order valence-electron chi connectivity index (χ0n) is 11.4. The molecule has 0 amide bonds. The summed E-state index contributed by atoms with van der Waals surface area (Å²) in [5, 5.41) is 4.52. The van der Waals surface area contributed by atoms with E-state index in [9.17, 15) is 0 Å². The number of nitrogens with two attached hydrogens (primary N) is 1. The molecule has 1 aliphatic heterocycles. The molecule has 1 aromatic heterocycles. The van der Waals surface area contributed by atoms with E-state index in [2.05, 4.69) is 37.1 Å². The predicted molar refractivity (Wildman–Crippen MR) is 75.4 cm³/mol. The molecule has 0 unspecified atom stereocenters. The van der Waals surface area contributed by atoms with Gasteiger partial charge in [0.1, 0.15) is 0 Å². The van der Waals surface area contributed by atoms with Crippen molar-refractivity contribution in [1.82, 2.24) is 9.78 Å². The molecule has 4 nitrogen and oxygen atoms in total. The zero-order valence-corrected chi connectivity index (χ0v) is 11.4. The number of nitrogen functional groups attached to an aromatic ring is 1. The molecule has 0 aliphatic carbocycles. The van der Waals surface area contributed by atoms with Crippen molar-refractivity contribution in [3.63, 3.8) is 0 Å². The van der Waals surface area contributed by atoms with Crippen LogP contribution in [-0.2, 0) is 17.8 Å². The van der Waals surface area contributed by atoms with Crippen molar-refractivity contribution in [1.29, 1.82) is 0 Å². The fourth-order valence-electron chi connectivity index (χ4n) is 2.63. The second-order valence-electron chi connectivity index (χ2n) is 5.24. The molecule has 3 rings (SSSR count). The summed E-state index contributed by atoms with van der Waals surface area (Å²) < 4.78 is 7.47. The first-order chi connectivity index (χ1) is 9.18. The summed E-state index contributed by atoms with van der Waals surface area (Å²) in [6.07, 6.45) is 0.867. The third-order valence-electron chi connectivity index (χ3n) is 3.64. The average molecular weight is 257 g/mol. The number of hydrogen-bond acceptors (Lipinski definition) is 3. The topological polar surface area (TPSA) is 53.1 Å². The third kappa shape index (κ3) is 2.02. The molecule has 1 aliphatic rings. The average Bonchev–Trinajstić information content (AvgIpc) is 2.77. The second-order valence-corrected chi connectivity index (χ2v) is 5.24. The predicted octanol–water partition coefficient (Wildman–Crippen LogP) is 2.65. The lowest BCUT2D eigenvalue weighted by molar-refractivity contribution is 0.110. The number of hydrogen-bond donors (Lipinski definition) is 1. The summed E-state index contributed by atoms with van der Waals surface area (Å²) in [5.74, 6) is 1.05. The number of para-hydroxylation sites is 1. The van der Waals surface area contributed by atoms with Gasteiger partial charge in [-0.25, -0.2) is 4.68 Å². The van der Waals surface area contributed by atoms with Gasteiger partial charge >= 0.3 is 0 Å². The lowest BCUT2D eigenvalue weighted by Gasteiger charge is -2.17. The summed E-state index contributed by atoms with van der Waals surface area (Å²) >= 11 is 0. The van der Waals surface area contributed by atoms with Crippen molar-refractivity contribution in [2.45, 2.75) is 32.8 Å². The maximum absolute atomic E-state index is 6.01. The van der Waals surface area contributed by atoms with Crippen molar-refractivity contribution in [3.8, 4) is 5.69 Å². The maximum Gasteiger partial charge on any atom is 0.151 e. The number of ether oxygens (including phenoxy) is 1. The first-order valence-corrected chi connectivity index (χ1v) is 6.71. The van der Waals surface area contributed by atoms with E-state index in [0.29, 0.717) is 18.3 Å². The van der Waals surface area contributed by atoms with Crippen molar-refractivity contribution in [2.75, 3.05) is 12.3 Å². The van der Waals surface area contributed by atoms with Gasteiger partial charge in [-0.2, -0.15) is 5.10 Å². The van der Waals surface area contributed by atoms with Gasteiger partial charge in [0.15, 0.2) is 5.82 Å². The molecule has 100 valence electrons. The highest BCUT2D eigenvalue weighted by atomic mass is 16.5. The number of nitrogens with zero attached hydrogens (tertiary/aromatic N) is 2. The summed E-state index contributed by atoms with van der Waals surface area (Å²) in [5.41, 5.74) is 10.7. The van der Waals surface area contributed by atoms with Crippen LogP contribution < -0.4 is 5.73 Å². The molecule has 1 aromatic carbocycles. The van der Waals surface area contributed by atoms with E-state index in [1.165, 1.54) is 11.3 Å². The van der Waals surface area contributed by atoms with Gasteiger partial charge in [0.25, 0.3) is 0 Å². The quantitative estimate of drug-likeness (QED) is 0.899. The van der Waals surface area contributed by atoms with E-state index >= 15 is 0 Å². The molecule has 2 N–H and O–H groups in total. The Balaban J connectivity index is 2.18. The van der Waals surface area contributed by atoms with Crippen LogP contribution in [0, 0.1) is 0 Å². The van der Waals surface area contributed by atoms with Crippen LogP contribution >= 0.6 is 0 Å². The molecule has 0 radical (unpaired) electrons. The molecule has 2 heterocycles. The van der Waals surface area contributed by atoms with Gasteiger partial charge in [-0.15, -0.1) is 0 Å². The minimum atomic E-state index is 0.456. The maximum atomic E-state index is 6.01. The fourth-order valence-corrected chi connectivity index (χ4v) is 2.63. The molecular formula is C15H19N3O. The Morgan fingerprint density at radius 2 is 2.11 bits per heavy atom. The number of benzene rings is 1. The van der Waals surface area contributed by atoms with E-state index in [1.54, 1.807) is 0 Å². The number of rotatable bonds is 2. The first-order valence-electron chi connectivity index (χ1n) is 6.71. The molecule has 0 saturated carbocycles. The van der Waals surface area contributed by atoms with Gasteiger partial charge < -0.3 is 10.5 Å².